The van der Waals surface area contributed by atoms with Gasteiger partial charge in [0.15, 0.2) is 21.3 Å². The van der Waals surface area contributed by atoms with Crippen molar-refractivity contribution in [1.82, 2.24) is 0 Å². The molecule has 5 nitrogen and oxygen atoms in total. The van der Waals surface area contributed by atoms with E-state index in [2.05, 4.69) is 0 Å². The van der Waals surface area contributed by atoms with Gasteiger partial charge >= 0.3 is 0 Å². The van der Waals surface area contributed by atoms with Crippen molar-refractivity contribution in [3.05, 3.63) is 23.8 Å². The zero-order chi connectivity index (χ0) is 14.3. The Morgan fingerprint density at radius 2 is 1.89 bits per heavy atom. The first-order valence-corrected chi connectivity index (χ1v) is 8.04. The third-order valence-corrected chi connectivity index (χ3v) is 4.25. The summed E-state index contributed by atoms with van der Waals surface area (Å²) in [6.07, 6.45) is 0. The molecule has 0 atom stereocenters. The van der Waals surface area contributed by atoms with Crippen LogP contribution < -0.4 is 9.47 Å². The Balaban J connectivity index is 2.72. The van der Waals surface area contributed by atoms with Gasteiger partial charge in [0.1, 0.15) is 6.61 Å². The van der Waals surface area contributed by atoms with Crippen molar-refractivity contribution in [2.45, 2.75) is 20.5 Å². The molecule has 6 heteroatoms. The van der Waals surface area contributed by atoms with E-state index in [9.17, 15) is 8.42 Å². The van der Waals surface area contributed by atoms with Crippen LogP contribution in [0.4, 0.5) is 0 Å². The lowest BCUT2D eigenvalue weighted by Gasteiger charge is -2.12. The fraction of sp³-hybridized carbons (Fsp3) is 0.538. The summed E-state index contributed by atoms with van der Waals surface area (Å²) in [6, 6.07) is 5.08. The molecule has 0 radical (unpaired) electrons. The third kappa shape index (κ3) is 5.08. The summed E-state index contributed by atoms with van der Waals surface area (Å²) >= 11 is 0. The molecule has 0 fully saturated rings. The van der Waals surface area contributed by atoms with Crippen LogP contribution in [0.15, 0.2) is 18.2 Å². The van der Waals surface area contributed by atoms with Crippen molar-refractivity contribution in [1.29, 1.82) is 0 Å². The SMILES string of the molecule is CCOc1cc(CO)ccc1OCCS(=O)(=O)CC. The van der Waals surface area contributed by atoms with Crippen LogP contribution in [-0.4, -0.2) is 38.2 Å². The first kappa shape index (κ1) is 15.8. The Hall–Kier alpha value is -1.27. The maximum Gasteiger partial charge on any atom is 0.161 e. The van der Waals surface area contributed by atoms with Gasteiger partial charge in [0.2, 0.25) is 0 Å². The van der Waals surface area contributed by atoms with Crippen molar-refractivity contribution >= 4 is 9.84 Å². The van der Waals surface area contributed by atoms with Gasteiger partial charge in [-0.2, -0.15) is 0 Å². The normalized spacial score (nSPS) is 11.3. The lowest BCUT2D eigenvalue weighted by molar-refractivity contribution is 0.274. The van der Waals surface area contributed by atoms with Gasteiger partial charge in [-0.25, -0.2) is 8.42 Å². The fourth-order valence-electron chi connectivity index (χ4n) is 1.46. The van der Waals surface area contributed by atoms with E-state index in [-0.39, 0.29) is 24.7 Å². The van der Waals surface area contributed by atoms with Gasteiger partial charge in [-0.15, -0.1) is 0 Å². The minimum Gasteiger partial charge on any atom is -0.490 e. The van der Waals surface area contributed by atoms with Crippen molar-refractivity contribution in [3.8, 4) is 11.5 Å². The standard InChI is InChI=1S/C13H20O5S/c1-3-17-13-9-11(10-14)5-6-12(13)18-7-8-19(15,16)4-2/h5-6,9,14H,3-4,7-8,10H2,1-2H3. The third-order valence-electron chi connectivity index (χ3n) is 2.58. The Labute approximate surface area is 114 Å². The molecule has 0 saturated carbocycles. The Kier molecular flexibility index (Phi) is 6.11. The van der Waals surface area contributed by atoms with Crippen molar-refractivity contribution in [2.75, 3.05) is 24.7 Å². The zero-order valence-electron chi connectivity index (χ0n) is 11.3. The zero-order valence-corrected chi connectivity index (χ0v) is 12.1. The molecule has 0 amide bonds. The summed E-state index contributed by atoms with van der Waals surface area (Å²) in [5.41, 5.74) is 0.719. The number of ether oxygens (including phenoxy) is 2. The van der Waals surface area contributed by atoms with E-state index in [0.717, 1.165) is 5.56 Å². The fourth-order valence-corrected chi connectivity index (χ4v) is 2.09. The molecule has 0 unspecified atom stereocenters. The molecule has 0 spiro atoms. The first-order chi connectivity index (χ1) is 9.02. The number of hydrogen-bond acceptors (Lipinski definition) is 5. The number of aliphatic hydroxyl groups excluding tert-OH is 1. The number of hydrogen-bond donors (Lipinski definition) is 1. The van der Waals surface area contributed by atoms with Crippen LogP contribution in [0.2, 0.25) is 0 Å². The van der Waals surface area contributed by atoms with Crippen LogP contribution in [0.3, 0.4) is 0 Å². The molecular formula is C13H20O5S. The molecule has 1 rings (SSSR count). The minimum absolute atomic E-state index is 0.0170. The highest BCUT2D eigenvalue weighted by molar-refractivity contribution is 7.91. The van der Waals surface area contributed by atoms with Gasteiger partial charge in [-0.3, -0.25) is 0 Å². The molecule has 0 saturated heterocycles. The summed E-state index contributed by atoms with van der Waals surface area (Å²) in [5, 5.41) is 9.06. The quantitative estimate of drug-likeness (QED) is 0.782. The van der Waals surface area contributed by atoms with Crippen molar-refractivity contribution in [3.63, 3.8) is 0 Å². The molecule has 1 aromatic carbocycles. The van der Waals surface area contributed by atoms with Gasteiger partial charge in [-0.1, -0.05) is 13.0 Å². The number of benzene rings is 1. The van der Waals surface area contributed by atoms with Gasteiger partial charge in [0.25, 0.3) is 0 Å². The molecule has 1 N–H and O–H groups in total. The average Bonchev–Trinajstić information content (AvgIpc) is 2.40. The molecule has 1 aromatic rings. The van der Waals surface area contributed by atoms with Crippen LogP contribution >= 0.6 is 0 Å². The Bertz CT molecular complexity index is 496. The van der Waals surface area contributed by atoms with Crippen LogP contribution in [0.5, 0.6) is 11.5 Å². The van der Waals surface area contributed by atoms with E-state index in [1.165, 1.54) is 0 Å². The predicted molar refractivity (Wildman–Crippen MR) is 73.4 cm³/mol. The van der Waals surface area contributed by atoms with Crippen LogP contribution in [-0.2, 0) is 16.4 Å². The molecule has 0 aromatic heterocycles. The molecule has 19 heavy (non-hydrogen) atoms. The number of sulfone groups is 1. The Morgan fingerprint density at radius 3 is 2.47 bits per heavy atom. The first-order valence-electron chi connectivity index (χ1n) is 6.22. The summed E-state index contributed by atoms with van der Waals surface area (Å²) in [6.45, 7) is 3.94. The summed E-state index contributed by atoms with van der Waals surface area (Å²) in [5.74, 6) is 1.10. The lowest BCUT2D eigenvalue weighted by atomic mass is 10.2. The van der Waals surface area contributed by atoms with Crippen LogP contribution in [0.25, 0.3) is 0 Å². The van der Waals surface area contributed by atoms with Gasteiger partial charge < -0.3 is 14.6 Å². The molecule has 0 bridgehead atoms. The molecule has 0 aliphatic rings. The second-order valence-corrected chi connectivity index (χ2v) is 6.43. The molecular weight excluding hydrogens is 268 g/mol. The topological polar surface area (TPSA) is 72.8 Å². The van der Waals surface area contributed by atoms with Gasteiger partial charge in [0, 0.05) is 5.75 Å². The number of aliphatic hydroxyl groups is 1. The monoisotopic (exact) mass is 288 g/mol. The smallest absolute Gasteiger partial charge is 0.161 e. The lowest BCUT2D eigenvalue weighted by Crippen LogP contribution is -2.16. The average molecular weight is 288 g/mol. The highest BCUT2D eigenvalue weighted by Gasteiger charge is 2.10. The molecule has 0 heterocycles. The summed E-state index contributed by atoms with van der Waals surface area (Å²) < 4.78 is 33.6. The highest BCUT2D eigenvalue weighted by Crippen LogP contribution is 2.28. The maximum absolute atomic E-state index is 11.4. The summed E-state index contributed by atoms with van der Waals surface area (Å²) in [7, 11) is -3.03. The van der Waals surface area contributed by atoms with Crippen LogP contribution in [0.1, 0.15) is 19.4 Å². The molecule has 0 aliphatic carbocycles. The number of rotatable bonds is 8. The van der Waals surface area contributed by atoms with Crippen molar-refractivity contribution < 1.29 is 23.0 Å². The molecule has 0 aliphatic heterocycles. The van der Waals surface area contributed by atoms with E-state index >= 15 is 0 Å². The highest BCUT2D eigenvalue weighted by atomic mass is 32.2. The summed E-state index contributed by atoms with van der Waals surface area (Å²) in [4.78, 5) is 0. The van der Waals surface area contributed by atoms with E-state index in [4.69, 9.17) is 14.6 Å². The van der Waals surface area contributed by atoms with E-state index in [1.807, 2.05) is 6.92 Å². The maximum atomic E-state index is 11.4. The second-order valence-electron chi connectivity index (χ2n) is 3.96. The van der Waals surface area contributed by atoms with Crippen LogP contribution in [0, 0.1) is 0 Å². The minimum atomic E-state index is -3.03. The van der Waals surface area contributed by atoms with E-state index in [1.54, 1.807) is 25.1 Å². The van der Waals surface area contributed by atoms with Crippen molar-refractivity contribution in [2.24, 2.45) is 0 Å². The van der Waals surface area contributed by atoms with E-state index < -0.39 is 9.84 Å². The second kappa shape index (κ2) is 7.35. The molecule has 108 valence electrons. The van der Waals surface area contributed by atoms with E-state index in [0.29, 0.717) is 18.1 Å². The predicted octanol–water partition coefficient (Wildman–Crippen LogP) is 1.39. The Morgan fingerprint density at radius 1 is 1.16 bits per heavy atom. The van der Waals surface area contributed by atoms with Gasteiger partial charge in [-0.05, 0) is 24.6 Å². The van der Waals surface area contributed by atoms with Gasteiger partial charge in [0.05, 0.1) is 19.0 Å². The largest absolute Gasteiger partial charge is 0.490 e.